The second kappa shape index (κ2) is 14.8. The minimum Gasteiger partial charge on any atom is -0.493 e. The minimum atomic E-state index is 0.826. The molecule has 0 aliphatic carbocycles. The summed E-state index contributed by atoms with van der Waals surface area (Å²) in [4.78, 5) is 2.42. The third-order valence-electron chi connectivity index (χ3n) is 5.45. The molecule has 0 amide bonds. The fourth-order valence-electron chi connectivity index (χ4n) is 3.75. The van der Waals surface area contributed by atoms with Gasteiger partial charge in [-0.15, -0.1) is 0 Å². The molecule has 0 fully saturated rings. The van der Waals surface area contributed by atoms with Gasteiger partial charge in [-0.1, -0.05) is 96.9 Å². The second-order valence-electron chi connectivity index (χ2n) is 7.78. The summed E-state index contributed by atoms with van der Waals surface area (Å²) in [6.07, 6.45) is 13.3. The molecule has 2 nitrogen and oxygen atoms in total. The zero-order valence-corrected chi connectivity index (χ0v) is 21.2. The Balaban J connectivity index is 1.84. The van der Waals surface area contributed by atoms with Crippen molar-refractivity contribution in [3.8, 4) is 11.5 Å². The largest absolute Gasteiger partial charge is 0.493 e. The van der Waals surface area contributed by atoms with Gasteiger partial charge in [0.15, 0.2) is 11.5 Å². The molecule has 2 rings (SSSR count). The molecule has 0 heterocycles. The quantitative estimate of drug-likeness (QED) is 0.183. The lowest BCUT2D eigenvalue weighted by Crippen LogP contribution is -1.96. The standard InChI is InChI=1S/C26H37BrO2S/c1-21-18-19-24(26(29-3)25(21)28-2)30-23-17-13-12-16-22(23)15-11-9-7-5-4-6-8-10-14-20-27/h12-13,16-19H,4-11,14-15,20H2,1-3H3. The Bertz CT molecular complexity index is 748. The van der Waals surface area contributed by atoms with Gasteiger partial charge >= 0.3 is 0 Å². The van der Waals surface area contributed by atoms with Gasteiger partial charge in [0, 0.05) is 10.2 Å². The first-order valence-electron chi connectivity index (χ1n) is 11.2. The Hall–Kier alpha value is -1.13. The van der Waals surface area contributed by atoms with Gasteiger partial charge in [0.1, 0.15) is 0 Å². The third kappa shape index (κ3) is 8.19. The summed E-state index contributed by atoms with van der Waals surface area (Å²) in [7, 11) is 3.42. The van der Waals surface area contributed by atoms with Crippen LogP contribution in [0.25, 0.3) is 0 Å². The lowest BCUT2D eigenvalue weighted by Gasteiger charge is -2.16. The average Bonchev–Trinajstić information content (AvgIpc) is 2.77. The van der Waals surface area contributed by atoms with Crippen LogP contribution in [-0.4, -0.2) is 19.5 Å². The Morgan fingerprint density at radius 3 is 1.93 bits per heavy atom. The van der Waals surface area contributed by atoms with Crippen LogP contribution in [0.15, 0.2) is 46.2 Å². The van der Waals surface area contributed by atoms with Crippen LogP contribution in [0.4, 0.5) is 0 Å². The number of halogens is 1. The van der Waals surface area contributed by atoms with E-state index < -0.39 is 0 Å². The summed E-state index contributed by atoms with van der Waals surface area (Å²) >= 11 is 5.28. The Morgan fingerprint density at radius 1 is 0.700 bits per heavy atom. The van der Waals surface area contributed by atoms with Gasteiger partial charge in [-0.05, 0) is 49.4 Å². The molecule has 30 heavy (non-hydrogen) atoms. The number of aryl methyl sites for hydroxylation is 2. The summed E-state index contributed by atoms with van der Waals surface area (Å²) in [6.45, 7) is 2.05. The SMILES string of the molecule is COc1c(C)ccc(Sc2ccccc2CCCCCCCCCCCBr)c1OC. The first-order valence-corrected chi connectivity index (χ1v) is 13.2. The monoisotopic (exact) mass is 492 g/mol. The zero-order chi connectivity index (χ0) is 21.6. The maximum Gasteiger partial charge on any atom is 0.174 e. The Labute approximate surface area is 196 Å². The van der Waals surface area contributed by atoms with E-state index in [0.717, 1.165) is 33.7 Å². The molecule has 0 saturated heterocycles. The van der Waals surface area contributed by atoms with Crippen LogP contribution in [0.3, 0.4) is 0 Å². The Kier molecular flexibility index (Phi) is 12.4. The number of alkyl halides is 1. The van der Waals surface area contributed by atoms with Crippen molar-refractivity contribution < 1.29 is 9.47 Å². The van der Waals surface area contributed by atoms with Gasteiger partial charge < -0.3 is 9.47 Å². The number of hydrogen-bond acceptors (Lipinski definition) is 3. The molecule has 0 aromatic heterocycles. The van der Waals surface area contributed by atoms with Crippen molar-refractivity contribution >= 4 is 27.7 Å². The topological polar surface area (TPSA) is 18.5 Å². The number of ether oxygens (including phenoxy) is 2. The van der Waals surface area contributed by atoms with E-state index in [9.17, 15) is 0 Å². The van der Waals surface area contributed by atoms with Crippen LogP contribution in [0, 0.1) is 6.92 Å². The lowest BCUT2D eigenvalue weighted by molar-refractivity contribution is 0.346. The van der Waals surface area contributed by atoms with Crippen molar-refractivity contribution in [2.75, 3.05) is 19.5 Å². The van der Waals surface area contributed by atoms with Gasteiger partial charge in [0.05, 0.1) is 19.1 Å². The minimum absolute atomic E-state index is 0.826. The fourth-order valence-corrected chi connectivity index (χ4v) is 5.23. The first-order chi connectivity index (χ1) is 14.7. The molecule has 166 valence electrons. The van der Waals surface area contributed by atoms with Crippen molar-refractivity contribution in [2.45, 2.75) is 80.9 Å². The maximum atomic E-state index is 5.68. The highest BCUT2D eigenvalue weighted by Crippen LogP contribution is 2.43. The number of rotatable bonds is 15. The molecule has 0 saturated carbocycles. The van der Waals surface area contributed by atoms with Gasteiger partial charge in [-0.2, -0.15) is 0 Å². The second-order valence-corrected chi connectivity index (χ2v) is 9.65. The molecule has 0 unspecified atom stereocenters. The molecule has 0 N–H and O–H groups in total. The summed E-state index contributed by atoms with van der Waals surface area (Å²) in [5.74, 6) is 1.65. The summed E-state index contributed by atoms with van der Waals surface area (Å²) in [5, 5.41) is 1.15. The molecule has 0 aliphatic rings. The van der Waals surface area contributed by atoms with E-state index in [1.54, 1.807) is 26.0 Å². The van der Waals surface area contributed by atoms with Crippen molar-refractivity contribution in [3.63, 3.8) is 0 Å². The summed E-state index contributed by atoms with van der Waals surface area (Å²) in [5.41, 5.74) is 2.52. The number of methoxy groups -OCH3 is 2. The Morgan fingerprint density at radius 2 is 1.30 bits per heavy atom. The van der Waals surface area contributed by atoms with Crippen LogP contribution in [0.1, 0.15) is 68.9 Å². The van der Waals surface area contributed by atoms with E-state index in [0.29, 0.717) is 0 Å². The highest BCUT2D eigenvalue weighted by Gasteiger charge is 2.15. The molecule has 0 bridgehead atoms. The van der Waals surface area contributed by atoms with E-state index >= 15 is 0 Å². The third-order valence-corrected chi connectivity index (χ3v) is 7.17. The molecule has 2 aromatic carbocycles. The maximum absolute atomic E-state index is 5.68. The summed E-state index contributed by atoms with van der Waals surface area (Å²) in [6, 6.07) is 13.0. The van der Waals surface area contributed by atoms with Crippen molar-refractivity contribution in [1.82, 2.24) is 0 Å². The normalized spacial score (nSPS) is 10.9. The van der Waals surface area contributed by atoms with Gasteiger partial charge in [-0.3, -0.25) is 0 Å². The van der Waals surface area contributed by atoms with Crippen molar-refractivity contribution in [3.05, 3.63) is 47.5 Å². The van der Waals surface area contributed by atoms with Crippen molar-refractivity contribution in [1.29, 1.82) is 0 Å². The van der Waals surface area contributed by atoms with Crippen LogP contribution >= 0.6 is 27.7 Å². The van der Waals surface area contributed by atoms with Gasteiger partial charge in [0.25, 0.3) is 0 Å². The summed E-state index contributed by atoms with van der Waals surface area (Å²) < 4.78 is 11.3. The molecule has 0 aliphatic heterocycles. The molecule has 0 radical (unpaired) electrons. The van der Waals surface area contributed by atoms with Crippen LogP contribution < -0.4 is 9.47 Å². The molecule has 2 aromatic rings. The van der Waals surface area contributed by atoms with E-state index in [4.69, 9.17) is 9.47 Å². The number of hydrogen-bond donors (Lipinski definition) is 0. The smallest absolute Gasteiger partial charge is 0.174 e. The lowest BCUT2D eigenvalue weighted by atomic mass is 10.0. The van der Waals surface area contributed by atoms with E-state index in [1.165, 1.54) is 68.2 Å². The van der Waals surface area contributed by atoms with Crippen LogP contribution in [-0.2, 0) is 6.42 Å². The van der Waals surface area contributed by atoms with E-state index in [-0.39, 0.29) is 0 Å². The highest BCUT2D eigenvalue weighted by molar-refractivity contribution is 9.09. The average molecular weight is 494 g/mol. The zero-order valence-electron chi connectivity index (χ0n) is 18.8. The van der Waals surface area contributed by atoms with Crippen molar-refractivity contribution in [2.24, 2.45) is 0 Å². The predicted molar refractivity (Wildman–Crippen MR) is 134 cm³/mol. The molecule has 4 heteroatoms. The molecular formula is C26H37BrO2S. The van der Waals surface area contributed by atoms with Crippen LogP contribution in [0.2, 0.25) is 0 Å². The molecule has 0 atom stereocenters. The molecule has 0 spiro atoms. The fraction of sp³-hybridized carbons (Fsp3) is 0.538. The van der Waals surface area contributed by atoms with E-state index in [1.807, 2.05) is 6.92 Å². The van der Waals surface area contributed by atoms with Gasteiger partial charge in [-0.25, -0.2) is 0 Å². The van der Waals surface area contributed by atoms with Crippen LogP contribution in [0.5, 0.6) is 11.5 Å². The highest BCUT2D eigenvalue weighted by atomic mass is 79.9. The number of benzene rings is 2. The first kappa shape index (κ1) is 25.1. The van der Waals surface area contributed by atoms with Gasteiger partial charge in [0.2, 0.25) is 0 Å². The molecular weight excluding hydrogens is 456 g/mol. The predicted octanol–water partition coefficient (Wildman–Crippen LogP) is 8.61. The van der Waals surface area contributed by atoms with E-state index in [2.05, 4.69) is 52.3 Å². The number of unbranched alkanes of at least 4 members (excludes halogenated alkanes) is 8.